The molecule has 0 spiro atoms. The van der Waals surface area contributed by atoms with Crippen LogP contribution >= 0.6 is 11.3 Å². The summed E-state index contributed by atoms with van der Waals surface area (Å²) in [7, 11) is -3.98. The molecule has 0 atom stereocenters. The van der Waals surface area contributed by atoms with Gasteiger partial charge in [0.25, 0.3) is 0 Å². The highest BCUT2D eigenvalue weighted by Crippen LogP contribution is 2.43. The van der Waals surface area contributed by atoms with E-state index in [9.17, 15) is 8.42 Å². The number of hydrogen-bond acceptors (Lipinski definition) is 4. The maximum atomic E-state index is 11.2. The average Bonchev–Trinajstić information content (AvgIpc) is 2.71. The fourth-order valence-electron chi connectivity index (χ4n) is 3.87. The minimum Gasteiger partial charge on any atom is -0.371 e. The lowest BCUT2D eigenvalue weighted by Crippen LogP contribution is -2.18. The molecule has 138 valence electrons. The van der Waals surface area contributed by atoms with Crippen molar-refractivity contribution in [2.45, 2.75) is 70.6 Å². The zero-order valence-electron chi connectivity index (χ0n) is 14.8. The van der Waals surface area contributed by atoms with E-state index >= 15 is 0 Å². The Morgan fingerprint density at radius 2 is 1.92 bits per heavy atom. The Labute approximate surface area is 154 Å². The molecule has 1 aliphatic rings. The molecule has 1 fully saturated rings. The van der Waals surface area contributed by atoms with E-state index < -0.39 is 10.3 Å². The standard InChI is InChI=1S/C19H27NO3S2/c1-2-3-10-17-19(14-8-6-4-5-7-9-14)16-12-11-15(13-18(16)24-17)23-25(20,21)22/h11-14H,2-10H2,1H3,(H2,20,21,22). The van der Waals surface area contributed by atoms with Crippen molar-refractivity contribution < 1.29 is 12.6 Å². The molecule has 2 N–H and O–H groups in total. The van der Waals surface area contributed by atoms with Crippen molar-refractivity contribution in [3.63, 3.8) is 0 Å². The van der Waals surface area contributed by atoms with Gasteiger partial charge in [0.15, 0.2) is 0 Å². The molecule has 1 aliphatic carbocycles. The van der Waals surface area contributed by atoms with Crippen LogP contribution in [0.15, 0.2) is 18.2 Å². The predicted molar refractivity (Wildman–Crippen MR) is 105 cm³/mol. The first-order valence-corrected chi connectivity index (χ1v) is 11.5. The summed E-state index contributed by atoms with van der Waals surface area (Å²) >= 11 is 1.79. The van der Waals surface area contributed by atoms with Gasteiger partial charge in [-0.1, -0.05) is 39.0 Å². The highest BCUT2D eigenvalue weighted by molar-refractivity contribution is 7.84. The van der Waals surface area contributed by atoms with Crippen LogP contribution in [0, 0.1) is 0 Å². The maximum absolute atomic E-state index is 11.2. The van der Waals surface area contributed by atoms with Crippen LogP contribution in [0.1, 0.15) is 74.6 Å². The molecular weight excluding hydrogens is 354 g/mol. The van der Waals surface area contributed by atoms with E-state index in [1.165, 1.54) is 67.2 Å². The van der Waals surface area contributed by atoms with Crippen molar-refractivity contribution in [2.75, 3.05) is 0 Å². The molecule has 1 heterocycles. The summed E-state index contributed by atoms with van der Waals surface area (Å²) < 4.78 is 28.4. The van der Waals surface area contributed by atoms with Gasteiger partial charge in [0.05, 0.1) is 0 Å². The number of aryl methyl sites for hydroxylation is 1. The zero-order valence-corrected chi connectivity index (χ0v) is 16.4. The molecule has 1 aromatic carbocycles. The molecule has 1 aromatic heterocycles. The molecule has 6 heteroatoms. The summed E-state index contributed by atoms with van der Waals surface area (Å²) in [5.74, 6) is 0.929. The number of unbranched alkanes of at least 4 members (excludes halogenated alkanes) is 1. The fraction of sp³-hybridized carbons (Fsp3) is 0.579. The van der Waals surface area contributed by atoms with Crippen molar-refractivity contribution in [1.82, 2.24) is 0 Å². The SMILES string of the molecule is CCCCc1sc2cc(OS(N)(=O)=O)ccc2c1C1CCCCCC1. The van der Waals surface area contributed by atoms with Gasteiger partial charge in [-0.25, -0.2) is 0 Å². The first-order chi connectivity index (χ1) is 12.0. The monoisotopic (exact) mass is 381 g/mol. The molecule has 4 nitrogen and oxygen atoms in total. The highest BCUT2D eigenvalue weighted by Gasteiger charge is 2.22. The first-order valence-electron chi connectivity index (χ1n) is 9.25. The largest absolute Gasteiger partial charge is 0.380 e. The van der Waals surface area contributed by atoms with E-state index in [1.807, 2.05) is 12.1 Å². The van der Waals surface area contributed by atoms with Crippen LogP contribution in [0.4, 0.5) is 0 Å². The molecule has 0 bridgehead atoms. The van der Waals surface area contributed by atoms with Crippen molar-refractivity contribution in [2.24, 2.45) is 5.14 Å². The lowest BCUT2D eigenvalue weighted by Gasteiger charge is -2.16. The van der Waals surface area contributed by atoms with Gasteiger partial charge in [-0.2, -0.15) is 13.6 Å². The molecule has 0 saturated heterocycles. The normalized spacial score (nSPS) is 16.9. The van der Waals surface area contributed by atoms with Crippen molar-refractivity contribution in [3.05, 3.63) is 28.6 Å². The van der Waals surface area contributed by atoms with E-state index in [4.69, 9.17) is 9.32 Å². The molecule has 25 heavy (non-hydrogen) atoms. The number of fused-ring (bicyclic) bond motifs is 1. The van der Waals surface area contributed by atoms with E-state index in [1.54, 1.807) is 17.4 Å². The smallest absolute Gasteiger partial charge is 0.371 e. The number of hydrogen-bond donors (Lipinski definition) is 1. The van der Waals surface area contributed by atoms with E-state index in [-0.39, 0.29) is 0 Å². The summed E-state index contributed by atoms with van der Waals surface area (Å²) in [5, 5.41) is 6.27. The maximum Gasteiger partial charge on any atom is 0.380 e. The van der Waals surface area contributed by atoms with Gasteiger partial charge in [-0.3, -0.25) is 0 Å². The van der Waals surface area contributed by atoms with Crippen LogP contribution in [-0.4, -0.2) is 8.42 Å². The fourth-order valence-corrected chi connectivity index (χ4v) is 5.61. The third-order valence-electron chi connectivity index (χ3n) is 5.01. The first kappa shape index (κ1) is 18.7. The van der Waals surface area contributed by atoms with E-state index in [0.29, 0.717) is 11.7 Å². The second kappa shape index (κ2) is 8.06. The molecule has 0 amide bonds. The molecule has 1 saturated carbocycles. The molecule has 0 unspecified atom stereocenters. The zero-order chi connectivity index (χ0) is 17.9. The molecule has 2 aromatic rings. The second-order valence-corrected chi connectivity index (χ2v) is 9.25. The number of nitrogens with two attached hydrogens (primary N) is 1. The van der Waals surface area contributed by atoms with Crippen molar-refractivity contribution in [1.29, 1.82) is 0 Å². The number of rotatable bonds is 6. The summed E-state index contributed by atoms with van der Waals surface area (Å²) in [6.07, 6.45) is 11.3. The number of benzene rings is 1. The third kappa shape index (κ3) is 4.74. The van der Waals surface area contributed by atoms with Crippen LogP contribution in [0.5, 0.6) is 5.75 Å². The van der Waals surface area contributed by atoms with Crippen LogP contribution in [0.2, 0.25) is 0 Å². The average molecular weight is 382 g/mol. The minimum atomic E-state index is -3.98. The second-order valence-electron chi connectivity index (χ2n) is 6.97. The Morgan fingerprint density at radius 3 is 2.56 bits per heavy atom. The topological polar surface area (TPSA) is 69.4 Å². The molecular formula is C19H27NO3S2. The van der Waals surface area contributed by atoms with Gasteiger partial charge in [-0.15, -0.1) is 11.3 Å². The minimum absolute atomic E-state index is 0.297. The quantitative estimate of drug-likeness (QED) is 0.694. The van der Waals surface area contributed by atoms with E-state index in [2.05, 4.69) is 6.92 Å². The Morgan fingerprint density at radius 1 is 1.20 bits per heavy atom. The van der Waals surface area contributed by atoms with Crippen LogP contribution in [0.25, 0.3) is 10.1 Å². The van der Waals surface area contributed by atoms with Gasteiger partial charge in [-0.05, 0) is 60.7 Å². The van der Waals surface area contributed by atoms with Gasteiger partial charge in [0.2, 0.25) is 0 Å². The summed E-state index contributed by atoms with van der Waals surface area (Å²) in [5.41, 5.74) is 1.51. The summed E-state index contributed by atoms with van der Waals surface area (Å²) in [4.78, 5) is 1.47. The third-order valence-corrected chi connectivity index (χ3v) is 6.66. The van der Waals surface area contributed by atoms with Crippen molar-refractivity contribution in [3.8, 4) is 5.75 Å². The van der Waals surface area contributed by atoms with Gasteiger partial charge in [0, 0.05) is 9.58 Å². The van der Waals surface area contributed by atoms with Crippen LogP contribution in [0.3, 0.4) is 0 Å². The molecule has 0 aliphatic heterocycles. The molecule has 0 radical (unpaired) electrons. The Kier molecular flexibility index (Phi) is 6.02. The highest BCUT2D eigenvalue weighted by atomic mass is 32.2. The summed E-state index contributed by atoms with van der Waals surface area (Å²) in [6.45, 7) is 2.22. The Bertz CT molecular complexity index is 819. The van der Waals surface area contributed by atoms with E-state index in [0.717, 1.165) is 11.1 Å². The number of thiophene rings is 1. The predicted octanol–water partition coefficient (Wildman–Crippen LogP) is 5.26. The van der Waals surface area contributed by atoms with Gasteiger partial charge >= 0.3 is 10.3 Å². The molecule has 3 rings (SSSR count). The van der Waals surface area contributed by atoms with Gasteiger partial charge in [0.1, 0.15) is 5.75 Å². The van der Waals surface area contributed by atoms with Crippen LogP contribution in [-0.2, 0) is 16.7 Å². The van der Waals surface area contributed by atoms with Crippen molar-refractivity contribution >= 4 is 31.7 Å². The lowest BCUT2D eigenvalue weighted by molar-refractivity contribution is 0.488. The Balaban J connectivity index is 2.02. The van der Waals surface area contributed by atoms with Crippen LogP contribution < -0.4 is 9.32 Å². The Hall–Kier alpha value is -1.11. The lowest BCUT2D eigenvalue weighted by atomic mass is 9.88. The summed E-state index contributed by atoms with van der Waals surface area (Å²) in [6, 6.07) is 5.56. The van der Waals surface area contributed by atoms with Gasteiger partial charge < -0.3 is 4.18 Å².